The van der Waals surface area contributed by atoms with Crippen LogP contribution in [0.1, 0.15) is 10.4 Å². The van der Waals surface area contributed by atoms with E-state index in [9.17, 15) is 23.2 Å². The second-order valence-electron chi connectivity index (χ2n) is 5.00. The summed E-state index contributed by atoms with van der Waals surface area (Å²) in [5, 5.41) is 4.88. The van der Waals surface area contributed by atoms with Crippen molar-refractivity contribution >= 4 is 35.1 Å². The van der Waals surface area contributed by atoms with Crippen molar-refractivity contribution in [3.8, 4) is 0 Å². The van der Waals surface area contributed by atoms with Gasteiger partial charge in [-0.15, -0.1) is 0 Å². The highest BCUT2D eigenvalue weighted by molar-refractivity contribution is 6.33. The number of esters is 1. The van der Waals surface area contributed by atoms with Gasteiger partial charge in [0.15, 0.2) is 6.61 Å². The second kappa shape index (κ2) is 8.91. The molecular weight excluding hydrogens is 370 g/mol. The van der Waals surface area contributed by atoms with Crippen LogP contribution in [0.15, 0.2) is 42.5 Å². The highest BCUT2D eigenvalue weighted by Crippen LogP contribution is 2.20. The average molecular weight is 383 g/mol. The van der Waals surface area contributed by atoms with Gasteiger partial charge in [-0.05, 0) is 24.3 Å². The summed E-state index contributed by atoms with van der Waals surface area (Å²) in [5.41, 5.74) is -0.0639. The molecule has 26 heavy (non-hydrogen) atoms. The van der Waals surface area contributed by atoms with Gasteiger partial charge in [-0.1, -0.05) is 23.7 Å². The van der Waals surface area contributed by atoms with E-state index in [-0.39, 0.29) is 0 Å². The Morgan fingerprint density at radius 3 is 2.50 bits per heavy atom. The lowest BCUT2D eigenvalue weighted by atomic mass is 10.2. The van der Waals surface area contributed by atoms with Crippen molar-refractivity contribution in [2.24, 2.45) is 0 Å². The van der Waals surface area contributed by atoms with Gasteiger partial charge in [-0.3, -0.25) is 14.4 Å². The Kier molecular flexibility index (Phi) is 6.62. The average Bonchev–Trinajstić information content (AvgIpc) is 2.60. The lowest BCUT2D eigenvalue weighted by Crippen LogP contribution is -2.32. The monoisotopic (exact) mass is 382 g/mol. The molecule has 0 aliphatic rings. The molecule has 0 fully saturated rings. The van der Waals surface area contributed by atoms with E-state index in [1.54, 1.807) is 24.3 Å². The molecule has 0 bridgehead atoms. The van der Waals surface area contributed by atoms with Gasteiger partial charge in [0.1, 0.15) is 18.2 Å². The normalized spacial score (nSPS) is 10.1. The molecule has 0 aliphatic heterocycles. The number of halogens is 3. The zero-order chi connectivity index (χ0) is 19.1. The van der Waals surface area contributed by atoms with Crippen LogP contribution < -0.4 is 10.6 Å². The highest BCUT2D eigenvalue weighted by Gasteiger charge is 2.15. The van der Waals surface area contributed by atoms with Crippen molar-refractivity contribution in [1.29, 1.82) is 0 Å². The van der Waals surface area contributed by atoms with Crippen molar-refractivity contribution in [2.75, 3.05) is 18.5 Å². The third-order valence-electron chi connectivity index (χ3n) is 3.08. The summed E-state index contributed by atoms with van der Waals surface area (Å²) in [4.78, 5) is 35.0. The smallest absolute Gasteiger partial charge is 0.325 e. The van der Waals surface area contributed by atoms with Crippen LogP contribution in [0.4, 0.5) is 14.5 Å². The first-order chi connectivity index (χ1) is 12.4. The van der Waals surface area contributed by atoms with Gasteiger partial charge in [-0.25, -0.2) is 8.78 Å². The molecule has 0 saturated heterocycles. The number of carbonyl (C=O) groups excluding carboxylic acids is 3. The van der Waals surface area contributed by atoms with E-state index in [1.807, 2.05) is 0 Å². The summed E-state index contributed by atoms with van der Waals surface area (Å²) in [6.45, 7) is -1.18. The van der Waals surface area contributed by atoms with Crippen molar-refractivity contribution in [3.05, 3.63) is 64.7 Å². The Balaban J connectivity index is 1.77. The predicted octanol–water partition coefficient (Wildman–Crippen LogP) is 2.53. The molecule has 0 spiro atoms. The van der Waals surface area contributed by atoms with Crippen molar-refractivity contribution in [1.82, 2.24) is 5.32 Å². The maximum atomic E-state index is 13.4. The highest BCUT2D eigenvalue weighted by atomic mass is 35.5. The summed E-state index contributed by atoms with van der Waals surface area (Å²) >= 11 is 5.87. The van der Waals surface area contributed by atoms with Gasteiger partial charge in [0.05, 0.1) is 16.3 Å². The SMILES string of the molecule is O=C(COC(=O)CNC(=O)c1ccc(F)cc1F)Nc1ccccc1Cl. The molecule has 2 rings (SSSR count). The van der Waals surface area contributed by atoms with E-state index in [2.05, 4.69) is 15.4 Å². The Labute approximate surface area is 152 Å². The molecule has 0 aliphatic carbocycles. The van der Waals surface area contributed by atoms with Crippen molar-refractivity contribution in [2.45, 2.75) is 0 Å². The number of amides is 2. The fraction of sp³-hybridized carbons (Fsp3) is 0.118. The molecule has 2 amide bonds. The van der Waals surface area contributed by atoms with Crippen LogP contribution in [0.2, 0.25) is 5.02 Å². The molecule has 2 aromatic rings. The number of ether oxygens (including phenoxy) is 1. The fourth-order valence-corrected chi connectivity index (χ4v) is 2.05. The molecule has 0 saturated carbocycles. The van der Waals surface area contributed by atoms with Gasteiger partial charge >= 0.3 is 5.97 Å². The quantitative estimate of drug-likeness (QED) is 0.752. The number of anilines is 1. The number of hydrogen-bond donors (Lipinski definition) is 2. The van der Waals surface area contributed by atoms with Gasteiger partial charge in [-0.2, -0.15) is 0 Å². The number of benzene rings is 2. The minimum Gasteiger partial charge on any atom is -0.454 e. The van der Waals surface area contributed by atoms with E-state index in [4.69, 9.17) is 11.6 Å². The molecule has 0 aromatic heterocycles. The minimum absolute atomic E-state index is 0.320. The van der Waals surface area contributed by atoms with Crippen LogP contribution in [0.25, 0.3) is 0 Å². The topological polar surface area (TPSA) is 84.5 Å². The Morgan fingerprint density at radius 1 is 1.08 bits per heavy atom. The maximum Gasteiger partial charge on any atom is 0.325 e. The zero-order valence-electron chi connectivity index (χ0n) is 13.2. The largest absolute Gasteiger partial charge is 0.454 e. The first-order valence-corrected chi connectivity index (χ1v) is 7.68. The van der Waals surface area contributed by atoms with Crippen LogP contribution in [-0.2, 0) is 14.3 Å². The molecule has 2 N–H and O–H groups in total. The van der Waals surface area contributed by atoms with E-state index < -0.39 is 48.1 Å². The number of para-hydroxylation sites is 1. The third-order valence-corrected chi connectivity index (χ3v) is 3.41. The van der Waals surface area contributed by atoms with Gasteiger partial charge < -0.3 is 15.4 Å². The van der Waals surface area contributed by atoms with Crippen molar-refractivity contribution < 1.29 is 27.9 Å². The van der Waals surface area contributed by atoms with E-state index >= 15 is 0 Å². The molecular formula is C17H13ClF2N2O4. The van der Waals surface area contributed by atoms with Gasteiger partial charge in [0.2, 0.25) is 0 Å². The summed E-state index contributed by atoms with van der Waals surface area (Å²) in [6.07, 6.45) is 0. The standard InChI is InChI=1S/C17H13ClF2N2O4/c18-12-3-1-2-4-14(12)22-15(23)9-26-16(24)8-21-17(25)11-6-5-10(19)7-13(11)20/h1-7H,8-9H2,(H,21,25)(H,22,23). The third kappa shape index (κ3) is 5.52. The first kappa shape index (κ1) is 19.3. The Morgan fingerprint density at radius 2 is 1.81 bits per heavy atom. The second-order valence-corrected chi connectivity index (χ2v) is 5.40. The predicted molar refractivity (Wildman–Crippen MR) is 89.7 cm³/mol. The minimum atomic E-state index is -1.06. The number of carbonyl (C=O) groups is 3. The van der Waals surface area contributed by atoms with Crippen molar-refractivity contribution in [3.63, 3.8) is 0 Å². The number of hydrogen-bond acceptors (Lipinski definition) is 4. The fourth-order valence-electron chi connectivity index (χ4n) is 1.87. The molecule has 6 nitrogen and oxygen atoms in total. The van der Waals surface area contributed by atoms with E-state index in [1.165, 1.54) is 0 Å². The number of nitrogens with one attached hydrogen (secondary N) is 2. The summed E-state index contributed by atoms with van der Waals surface area (Å²) in [5.74, 6) is -4.34. The van der Waals surface area contributed by atoms with Crippen LogP contribution in [0, 0.1) is 11.6 Å². The lowest BCUT2D eigenvalue weighted by molar-refractivity contribution is -0.146. The maximum absolute atomic E-state index is 13.4. The Bertz CT molecular complexity index is 845. The summed E-state index contributed by atoms with van der Waals surface area (Å²) in [7, 11) is 0. The molecule has 0 atom stereocenters. The summed E-state index contributed by atoms with van der Waals surface area (Å²) in [6, 6.07) is 8.90. The molecule has 2 aromatic carbocycles. The Hall–Kier alpha value is -3.00. The first-order valence-electron chi connectivity index (χ1n) is 7.30. The van der Waals surface area contributed by atoms with Crippen LogP contribution in [0.5, 0.6) is 0 Å². The van der Waals surface area contributed by atoms with Crippen LogP contribution in [0.3, 0.4) is 0 Å². The number of rotatable bonds is 6. The molecule has 0 unspecified atom stereocenters. The van der Waals surface area contributed by atoms with E-state index in [0.717, 1.165) is 12.1 Å². The van der Waals surface area contributed by atoms with E-state index in [0.29, 0.717) is 16.8 Å². The summed E-state index contributed by atoms with van der Waals surface area (Å²) < 4.78 is 30.9. The van der Waals surface area contributed by atoms with Crippen LogP contribution in [-0.4, -0.2) is 30.9 Å². The molecule has 0 heterocycles. The van der Waals surface area contributed by atoms with Gasteiger partial charge in [0.25, 0.3) is 11.8 Å². The molecule has 9 heteroatoms. The lowest BCUT2D eigenvalue weighted by Gasteiger charge is -2.09. The van der Waals surface area contributed by atoms with Gasteiger partial charge in [0, 0.05) is 6.07 Å². The molecule has 136 valence electrons. The van der Waals surface area contributed by atoms with Crippen LogP contribution >= 0.6 is 11.6 Å². The molecule has 0 radical (unpaired) electrons. The zero-order valence-corrected chi connectivity index (χ0v) is 14.0.